The third-order valence-electron chi connectivity index (χ3n) is 6.81. The maximum atomic E-state index is 13.2. The summed E-state index contributed by atoms with van der Waals surface area (Å²) in [6.45, 7) is 1.41. The molecular weight excluding hydrogens is 581 g/mol. The van der Waals surface area contributed by atoms with Gasteiger partial charge < -0.3 is 16.2 Å². The van der Waals surface area contributed by atoms with E-state index in [1.807, 2.05) is 0 Å². The first-order chi connectivity index (χ1) is 18.7. The molecule has 238 valence electrons. The summed E-state index contributed by atoms with van der Waals surface area (Å²) in [5.74, 6) is -9.97. The summed E-state index contributed by atoms with van der Waals surface area (Å²) in [5.41, 5.74) is 1.89. The standard InChI is InChI=1S/C27H41F7N2O4S/c1-24(38,23(37)36-20-13-14-22(35)21(19-20)27(32,33)34)15-10-8-6-4-3-5-7-9-11-17-41(39,40)18-12-16-26(30,31)25(2,28)29/h13-14,19,38H,3-12,15-18,35H2,1-2H3,(H,36,37)/t24-/m0/s1. The second-order valence-corrected chi connectivity index (χ2v) is 13.1. The lowest BCUT2D eigenvalue weighted by atomic mass is 9.96. The molecule has 0 saturated heterocycles. The fraction of sp³-hybridized carbons (Fsp3) is 0.741. The monoisotopic (exact) mass is 622 g/mol. The van der Waals surface area contributed by atoms with Crippen molar-refractivity contribution in [3.8, 4) is 0 Å². The second-order valence-electron chi connectivity index (χ2n) is 10.8. The molecule has 0 saturated carbocycles. The van der Waals surface area contributed by atoms with Crippen molar-refractivity contribution in [2.75, 3.05) is 22.6 Å². The molecule has 0 radical (unpaired) electrons. The van der Waals surface area contributed by atoms with Gasteiger partial charge in [0.25, 0.3) is 5.91 Å². The molecule has 0 unspecified atom stereocenters. The predicted molar refractivity (Wildman–Crippen MR) is 145 cm³/mol. The minimum Gasteiger partial charge on any atom is -0.398 e. The van der Waals surface area contributed by atoms with E-state index >= 15 is 0 Å². The van der Waals surface area contributed by atoms with Crippen molar-refractivity contribution in [2.45, 2.75) is 115 Å². The van der Waals surface area contributed by atoms with Crippen LogP contribution in [0.4, 0.5) is 42.1 Å². The number of carbonyl (C=O) groups excluding carboxylic acids is 1. The van der Waals surface area contributed by atoms with Crippen LogP contribution in [0, 0.1) is 0 Å². The minimum atomic E-state index is -4.68. The zero-order valence-corrected chi connectivity index (χ0v) is 24.3. The van der Waals surface area contributed by atoms with E-state index in [1.54, 1.807) is 0 Å². The quantitative estimate of drug-likeness (QED) is 0.0849. The minimum absolute atomic E-state index is 0.112. The van der Waals surface area contributed by atoms with Crippen LogP contribution in [0.2, 0.25) is 0 Å². The van der Waals surface area contributed by atoms with Crippen LogP contribution in [0.15, 0.2) is 18.2 Å². The Morgan fingerprint density at radius 1 is 0.805 bits per heavy atom. The number of sulfone groups is 1. The Morgan fingerprint density at radius 3 is 1.80 bits per heavy atom. The molecule has 0 aliphatic heterocycles. The molecule has 0 aromatic heterocycles. The van der Waals surface area contributed by atoms with Gasteiger partial charge in [-0.1, -0.05) is 51.4 Å². The maximum Gasteiger partial charge on any atom is 0.418 e. The fourth-order valence-corrected chi connectivity index (χ4v) is 5.56. The SMILES string of the molecule is CC(F)(F)C(F)(F)CCCS(=O)(=O)CCCCCCCCCCC[C@](C)(O)C(=O)Nc1ccc(N)c(C(F)(F)F)c1. The van der Waals surface area contributed by atoms with E-state index in [1.165, 1.54) is 13.0 Å². The summed E-state index contributed by atoms with van der Waals surface area (Å²) in [7, 11) is -3.58. The zero-order valence-electron chi connectivity index (χ0n) is 23.4. The lowest BCUT2D eigenvalue weighted by molar-refractivity contribution is -0.200. The average molecular weight is 623 g/mol. The molecule has 0 aliphatic carbocycles. The van der Waals surface area contributed by atoms with Crippen molar-refractivity contribution in [1.82, 2.24) is 0 Å². The van der Waals surface area contributed by atoms with Crippen LogP contribution in [0.5, 0.6) is 0 Å². The van der Waals surface area contributed by atoms with Gasteiger partial charge in [0.05, 0.1) is 17.1 Å². The van der Waals surface area contributed by atoms with Crippen LogP contribution in [0.3, 0.4) is 0 Å². The van der Waals surface area contributed by atoms with Crippen molar-refractivity contribution >= 4 is 27.1 Å². The highest BCUT2D eigenvalue weighted by molar-refractivity contribution is 7.91. The molecule has 4 N–H and O–H groups in total. The lowest BCUT2D eigenvalue weighted by Crippen LogP contribution is -2.40. The number of aliphatic hydroxyl groups is 1. The topological polar surface area (TPSA) is 109 Å². The molecular formula is C27H41F7N2O4S. The van der Waals surface area contributed by atoms with Gasteiger partial charge in [-0.15, -0.1) is 0 Å². The van der Waals surface area contributed by atoms with Crippen molar-refractivity contribution < 1.29 is 49.1 Å². The van der Waals surface area contributed by atoms with Crippen LogP contribution >= 0.6 is 0 Å². The Labute approximate surface area is 237 Å². The van der Waals surface area contributed by atoms with Gasteiger partial charge in [0.1, 0.15) is 15.4 Å². The van der Waals surface area contributed by atoms with Gasteiger partial charge >= 0.3 is 18.0 Å². The number of carbonyl (C=O) groups is 1. The number of hydrogen-bond donors (Lipinski definition) is 3. The average Bonchev–Trinajstić information content (AvgIpc) is 2.81. The second kappa shape index (κ2) is 15.4. The first-order valence-corrected chi connectivity index (χ1v) is 15.5. The zero-order chi connectivity index (χ0) is 31.5. The van der Waals surface area contributed by atoms with Gasteiger partial charge in [0.15, 0.2) is 0 Å². The molecule has 1 aromatic rings. The van der Waals surface area contributed by atoms with Gasteiger partial charge in [-0.05, 0) is 44.4 Å². The highest BCUT2D eigenvalue weighted by Gasteiger charge is 2.51. The normalized spacial score (nSPS) is 14.6. The molecule has 0 heterocycles. The predicted octanol–water partition coefficient (Wildman–Crippen LogP) is 7.36. The third-order valence-corrected chi connectivity index (χ3v) is 8.63. The molecule has 0 bridgehead atoms. The lowest BCUT2D eigenvalue weighted by Gasteiger charge is -2.22. The number of anilines is 2. The number of alkyl halides is 7. The van der Waals surface area contributed by atoms with Crippen molar-refractivity contribution in [3.05, 3.63) is 23.8 Å². The Morgan fingerprint density at radius 2 is 1.29 bits per heavy atom. The van der Waals surface area contributed by atoms with Crippen molar-refractivity contribution in [1.29, 1.82) is 0 Å². The molecule has 0 fully saturated rings. The van der Waals surface area contributed by atoms with E-state index in [0.717, 1.165) is 44.6 Å². The van der Waals surface area contributed by atoms with E-state index in [4.69, 9.17) is 5.73 Å². The Hall–Kier alpha value is -2.09. The summed E-state index contributed by atoms with van der Waals surface area (Å²) < 4.78 is 115. The van der Waals surface area contributed by atoms with Gasteiger partial charge in [-0.2, -0.15) is 22.0 Å². The van der Waals surface area contributed by atoms with E-state index in [2.05, 4.69) is 5.32 Å². The highest BCUT2D eigenvalue weighted by atomic mass is 32.2. The molecule has 41 heavy (non-hydrogen) atoms. The van der Waals surface area contributed by atoms with Crippen molar-refractivity contribution in [2.24, 2.45) is 0 Å². The fourth-order valence-electron chi connectivity index (χ4n) is 4.12. The number of halogens is 7. The maximum absolute atomic E-state index is 13.2. The van der Waals surface area contributed by atoms with E-state index in [-0.39, 0.29) is 24.8 Å². The van der Waals surface area contributed by atoms with E-state index in [0.29, 0.717) is 25.3 Å². The smallest absolute Gasteiger partial charge is 0.398 e. The van der Waals surface area contributed by atoms with Gasteiger partial charge in [0.2, 0.25) is 0 Å². The summed E-state index contributed by atoms with van der Waals surface area (Å²) in [6, 6.07) is 2.97. The van der Waals surface area contributed by atoms with Crippen LogP contribution in [-0.4, -0.2) is 48.4 Å². The Bertz CT molecular complexity index is 1070. The third kappa shape index (κ3) is 13.6. The molecule has 6 nitrogen and oxygen atoms in total. The van der Waals surface area contributed by atoms with Gasteiger partial charge in [-0.25, -0.2) is 17.2 Å². The van der Waals surface area contributed by atoms with Crippen molar-refractivity contribution in [3.63, 3.8) is 0 Å². The van der Waals surface area contributed by atoms with Crippen LogP contribution in [0.1, 0.15) is 96.5 Å². The summed E-state index contributed by atoms with van der Waals surface area (Å²) in [4.78, 5) is 12.4. The van der Waals surface area contributed by atoms with Crippen LogP contribution in [0.25, 0.3) is 0 Å². The van der Waals surface area contributed by atoms with E-state index < -0.39 is 69.2 Å². The molecule has 1 atom stereocenters. The number of nitrogen functional groups attached to an aromatic ring is 1. The highest BCUT2D eigenvalue weighted by Crippen LogP contribution is 2.37. The largest absolute Gasteiger partial charge is 0.418 e. The van der Waals surface area contributed by atoms with E-state index in [9.17, 15) is 49.1 Å². The number of rotatable bonds is 19. The van der Waals surface area contributed by atoms with Gasteiger partial charge in [0, 0.05) is 24.7 Å². The molecule has 0 aliphatic rings. The molecule has 1 aromatic carbocycles. The number of amides is 1. The summed E-state index contributed by atoms with van der Waals surface area (Å²) in [5, 5.41) is 12.8. The number of benzene rings is 1. The number of nitrogens with two attached hydrogens (primary N) is 1. The van der Waals surface area contributed by atoms with Crippen LogP contribution in [-0.2, 0) is 20.8 Å². The first kappa shape index (κ1) is 36.9. The summed E-state index contributed by atoms with van der Waals surface area (Å²) in [6.07, 6.45) is 0.238. The number of hydrogen-bond acceptors (Lipinski definition) is 5. The number of unbranched alkanes of at least 4 members (excludes halogenated alkanes) is 8. The molecule has 14 heteroatoms. The van der Waals surface area contributed by atoms with Gasteiger partial charge in [-0.3, -0.25) is 4.79 Å². The molecule has 1 amide bonds. The molecule has 1 rings (SSSR count). The Balaban J connectivity index is 2.19. The molecule has 0 spiro atoms. The first-order valence-electron chi connectivity index (χ1n) is 13.6. The number of nitrogens with one attached hydrogen (secondary N) is 1. The van der Waals surface area contributed by atoms with Crippen LogP contribution < -0.4 is 11.1 Å². The Kier molecular flexibility index (Phi) is 13.9. The summed E-state index contributed by atoms with van der Waals surface area (Å²) >= 11 is 0.